The van der Waals surface area contributed by atoms with E-state index in [1.54, 1.807) is 28.4 Å². The summed E-state index contributed by atoms with van der Waals surface area (Å²) in [6.45, 7) is 4.47. The zero-order valence-corrected chi connectivity index (χ0v) is 21.5. The number of guanidine groups is 1. The molecule has 0 bridgehead atoms. The summed E-state index contributed by atoms with van der Waals surface area (Å²) >= 11 is 0. The van der Waals surface area contributed by atoms with Crippen molar-refractivity contribution in [1.29, 1.82) is 0 Å². The van der Waals surface area contributed by atoms with Gasteiger partial charge in [0.25, 0.3) is 0 Å². The highest BCUT2D eigenvalue weighted by atomic mass is 127. The third kappa shape index (κ3) is 7.65. The van der Waals surface area contributed by atoms with Gasteiger partial charge in [0, 0.05) is 52.6 Å². The molecule has 172 valence electrons. The second-order valence-electron chi connectivity index (χ2n) is 6.90. The van der Waals surface area contributed by atoms with Crippen molar-refractivity contribution in [1.82, 2.24) is 15.1 Å². The van der Waals surface area contributed by atoms with Gasteiger partial charge in [-0.15, -0.1) is 24.0 Å². The molecular weight excluding hydrogens is 523 g/mol. The number of benzene rings is 1. The number of ether oxygens (including phenoxy) is 3. The molecule has 0 radical (unpaired) electrons. The van der Waals surface area contributed by atoms with E-state index in [0.717, 1.165) is 44.2 Å². The highest BCUT2D eigenvalue weighted by Gasteiger charge is 2.21. The van der Waals surface area contributed by atoms with E-state index in [9.17, 15) is 8.42 Å². The van der Waals surface area contributed by atoms with Crippen LogP contribution in [0.15, 0.2) is 17.1 Å². The summed E-state index contributed by atoms with van der Waals surface area (Å²) in [7, 11) is 3.54. The third-order valence-corrected chi connectivity index (χ3v) is 5.72. The van der Waals surface area contributed by atoms with Crippen LogP contribution in [0.2, 0.25) is 0 Å². The smallest absolute Gasteiger partial charge is 0.203 e. The normalized spacial score (nSPS) is 15.4. The van der Waals surface area contributed by atoms with Gasteiger partial charge in [0.1, 0.15) is 9.84 Å². The number of hydrogen-bond donors (Lipinski definition) is 1. The molecule has 0 saturated carbocycles. The second-order valence-corrected chi connectivity index (χ2v) is 9.16. The first-order valence-corrected chi connectivity index (χ1v) is 11.5. The van der Waals surface area contributed by atoms with Crippen LogP contribution in [0, 0.1) is 0 Å². The van der Waals surface area contributed by atoms with Crippen molar-refractivity contribution in [2.75, 3.05) is 73.1 Å². The van der Waals surface area contributed by atoms with Crippen molar-refractivity contribution in [2.45, 2.75) is 6.54 Å². The lowest BCUT2D eigenvalue weighted by Crippen LogP contribution is -2.52. The van der Waals surface area contributed by atoms with Crippen molar-refractivity contribution >= 4 is 39.8 Å². The standard InChI is InChI=1S/C19H32N4O5S.HI/c1-20-19(21-6-11-29(5,24)25)23-9-7-22(8-10-23)14-15-12-16(26-2)18(28-4)17(13-15)27-3;/h12-13H,6-11,14H2,1-5H3,(H,20,21);1H. The molecule has 30 heavy (non-hydrogen) atoms. The van der Waals surface area contributed by atoms with Gasteiger partial charge in [-0.25, -0.2) is 8.42 Å². The summed E-state index contributed by atoms with van der Waals surface area (Å²) in [6, 6.07) is 3.94. The summed E-state index contributed by atoms with van der Waals surface area (Å²) in [4.78, 5) is 8.77. The van der Waals surface area contributed by atoms with Crippen molar-refractivity contribution in [2.24, 2.45) is 4.99 Å². The number of nitrogens with zero attached hydrogens (tertiary/aromatic N) is 3. The van der Waals surface area contributed by atoms with Crippen LogP contribution >= 0.6 is 24.0 Å². The van der Waals surface area contributed by atoms with Crippen LogP contribution in [-0.4, -0.2) is 97.3 Å². The van der Waals surface area contributed by atoms with Gasteiger partial charge in [-0.05, 0) is 17.7 Å². The van der Waals surface area contributed by atoms with E-state index in [2.05, 4.69) is 20.1 Å². The number of halogens is 1. The van der Waals surface area contributed by atoms with Gasteiger partial charge >= 0.3 is 0 Å². The Morgan fingerprint density at radius 2 is 1.63 bits per heavy atom. The Labute approximate surface area is 196 Å². The van der Waals surface area contributed by atoms with E-state index < -0.39 is 9.84 Å². The van der Waals surface area contributed by atoms with E-state index in [1.165, 1.54) is 6.26 Å². The van der Waals surface area contributed by atoms with Crippen molar-refractivity contribution in [3.63, 3.8) is 0 Å². The average Bonchev–Trinajstić information content (AvgIpc) is 2.70. The minimum atomic E-state index is -2.99. The maximum atomic E-state index is 11.3. The van der Waals surface area contributed by atoms with Crippen molar-refractivity contribution in [3.8, 4) is 17.2 Å². The molecule has 1 fully saturated rings. The predicted octanol–water partition coefficient (Wildman–Crippen LogP) is 1.07. The van der Waals surface area contributed by atoms with Crippen molar-refractivity contribution < 1.29 is 22.6 Å². The molecule has 0 atom stereocenters. The van der Waals surface area contributed by atoms with Gasteiger partial charge in [-0.2, -0.15) is 0 Å². The lowest BCUT2D eigenvalue weighted by molar-refractivity contribution is 0.172. The molecule has 1 aromatic carbocycles. The Balaban J connectivity index is 0.00000450. The Hall–Kier alpha value is -1.47. The highest BCUT2D eigenvalue weighted by Crippen LogP contribution is 2.38. The molecule has 1 aliphatic heterocycles. The number of aliphatic imine (C=N–C) groups is 1. The summed E-state index contributed by atoms with van der Waals surface area (Å²) in [5.74, 6) is 2.72. The van der Waals surface area contributed by atoms with Crippen LogP contribution < -0.4 is 19.5 Å². The summed E-state index contributed by atoms with van der Waals surface area (Å²) in [5.41, 5.74) is 1.09. The molecule has 0 spiro atoms. The fourth-order valence-corrected chi connectivity index (χ4v) is 3.76. The number of nitrogens with one attached hydrogen (secondary N) is 1. The van der Waals surface area contributed by atoms with E-state index in [4.69, 9.17) is 14.2 Å². The molecule has 1 aromatic rings. The molecule has 1 N–H and O–H groups in total. The molecule has 1 heterocycles. The second kappa shape index (κ2) is 12.4. The van der Waals surface area contributed by atoms with Crippen LogP contribution in [0.5, 0.6) is 17.2 Å². The first kappa shape index (κ1) is 26.6. The maximum Gasteiger partial charge on any atom is 0.203 e. The zero-order valence-electron chi connectivity index (χ0n) is 18.3. The number of methoxy groups -OCH3 is 3. The Morgan fingerprint density at radius 3 is 2.07 bits per heavy atom. The molecule has 2 rings (SSSR count). The van der Waals surface area contributed by atoms with E-state index >= 15 is 0 Å². The molecule has 0 unspecified atom stereocenters. The van der Waals surface area contributed by atoms with Gasteiger partial charge in [-0.3, -0.25) is 9.89 Å². The van der Waals surface area contributed by atoms with E-state index in [0.29, 0.717) is 23.8 Å². The fraction of sp³-hybridized carbons (Fsp3) is 0.632. The minimum Gasteiger partial charge on any atom is -0.493 e. The molecule has 9 nitrogen and oxygen atoms in total. The largest absolute Gasteiger partial charge is 0.493 e. The first-order chi connectivity index (χ1) is 13.8. The summed E-state index contributed by atoms with van der Waals surface area (Å²) < 4.78 is 38.8. The third-order valence-electron chi connectivity index (χ3n) is 4.77. The summed E-state index contributed by atoms with van der Waals surface area (Å²) in [5, 5.41) is 3.13. The fourth-order valence-electron chi connectivity index (χ4n) is 3.28. The van der Waals surface area contributed by atoms with Gasteiger partial charge in [0.2, 0.25) is 5.75 Å². The van der Waals surface area contributed by atoms with E-state index in [1.807, 2.05) is 12.1 Å². The number of piperazine rings is 1. The lowest BCUT2D eigenvalue weighted by Gasteiger charge is -2.36. The maximum absolute atomic E-state index is 11.3. The predicted molar refractivity (Wildman–Crippen MR) is 129 cm³/mol. The quantitative estimate of drug-likeness (QED) is 0.289. The monoisotopic (exact) mass is 556 g/mol. The number of sulfone groups is 1. The highest BCUT2D eigenvalue weighted by molar-refractivity contribution is 14.0. The van der Waals surface area contributed by atoms with Gasteiger partial charge < -0.3 is 24.4 Å². The van der Waals surface area contributed by atoms with Crippen LogP contribution in [0.1, 0.15) is 5.56 Å². The molecule has 1 aliphatic rings. The molecular formula is C19H33IN4O5S. The number of hydrogen-bond acceptors (Lipinski definition) is 7. The minimum absolute atomic E-state index is 0. The molecule has 0 amide bonds. The molecule has 1 saturated heterocycles. The Kier molecular flexibility index (Phi) is 11.0. The molecule has 0 aliphatic carbocycles. The van der Waals surface area contributed by atoms with Crippen LogP contribution in [-0.2, 0) is 16.4 Å². The topological polar surface area (TPSA) is 92.7 Å². The number of rotatable bonds is 8. The van der Waals surface area contributed by atoms with Gasteiger partial charge in [0.15, 0.2) is 17.5 Å². The summed E-state index contributed by atoms with van der Waals surface area (Å²) in [6.07, 6.45) is 1.24. The SMILES string of the molecule is CN=C(NCCS(C)(=O)=O)N1CCN(Cc2cc(OC)c(OC)c(OC)c2)CC1.I. The van der Waals surface area contributed by atoms with Crippen molar-refractivity contribution in [3.05, 3.63) is 17.7 Å². The lowest BCUT2D eigenvalue weighted by atomic mass is 10.1. The zero-order chi connectivity index (χ0) is 21.4. The van der Waals surface area contributed by atoms with Gasteiger partial charge in [-0.1, -0.05) is 0 Å². The van der Waals surface area contributed by atoms with Crippen LogP contribution in [0.3, 0.4) is 0 Å². The Bertz CT molecular complexity index is 786. The first-order valence-electron chi connectivity index (χ1n) is 9.45. The van der Waals surface area contributed by atoms with Crippen LogP contribution in [0.25, 0.3) is 0 Å². The molecule has 11 heteroatoms. The van der Waals surface area contributed by atoms with E-state index in [-0.39, 0.29) is 29.7 Å². The molecule has 0 aromatic heterocycles. The average molecular weight is 556 g/mol. The Morgan fingerprint density at radius 1 is 1.07 bits per heavy atom. The van der Waals surface area contributed by atoms with Gasteiger partial charge in [0.05, 0.1) is 27.1 Å². The van der Waals surface area contributed by atoms with Crippen LogP contribution in [0.4, 0.5) is 0 Å².